The molecule has 2 aromatic carbocycles. The van der Waals surface area contributed by atoms with Gasteiger partial charge in [0.05, 0.1) is 10.5 Å². The number of hydrogen-bond donors (Lipinski definition) is 1. The molecule has 0 saturated heterocycles. The summed E-state index contributed by atoms with van der Waals surface area (Å²) < 4.78 is 30.2. The summed E-state index contributed by atoms with van der Waals surface area (Å²) in [5.74, 6) is -1.19. The van der Waals surface area contributed by atoms with E-state index in [0.717, 1.165) is 14.5 Å². The highest BCUT2D eigenvalue weighted by Gasteiger charge is 2.24. The molecule has 0 aromatic heterocycles. The maximum absolute atomic E-state index is 14.3. The molecule has 0 amide bonds. The van der Waals surface area contributed by atoms with Crippen molar-refractivity contribution in [2.24, 2.45) is 0 Å². The lowest BCUT2D eigenvalue weighted by Gasteiger charge is -2.20. The summed E-state index contributed by atoms with van der Waals surface area (Å²) >= 11 is 9.88. The number of halogens is 5. The Morgan fingerprint density at radius 3 is 2.30 bits per heavy atom. The summed E-state index contributed by atoms with van der Waals surface area (Å²) in [7, 11) is 1.66. The van der Waals surface area contributed by atoms with Crippen molar-refractivity contribution in [2.75, 3.05) is 7.05 Å². The zero-order chi connectivity index (χ0) is 14.9. The van der Waals surface area contributed by atoms with Crippen molar-refractivity contribution < 1.29 is 8.78 Å². The summed E-state index contributed by atoms with van der Waals surface area (Å²) in [4.78, 5) is 0. The second-order valence-corrected chi connectivity index (χ2v) is 6.77. The number of nitrogens with one attached hydrogen (secondary N) is 1. The molecular weight excluding hydrogens is 460 g/mol. The molecule has 2 aromatic rings. The maximum Gasteiger partial charge on any atom is 0.145 e. The van der Waals surface area contributed by atoms with Crippen LogP contribution in [0.25, 0.3) is 0 Å². The van der Waals surface area contributed by atoms with Crippen LogP contribution < -0.4 is 5.32 Å². The second kappa shape index (κ2) is 6.64. The van der Waals surface area contributed by atoms with Crippen molar-refractivity contribution in [2.45, 2.75) is 6.04 Å². The van der Waals surface area contributed by atoms with Crippen LogP contribution in [0.4, 0.5) is 8.78 Å². The lowest BCUT2D eigenvalue weighted by molar-refractivity contribution is 0.518. The van der Waals surface area contributed by atoms with Crippen molar-refractivity contribution in [3.05, 3.63) is 66.5 Å². The van der Waals surface area contributed by atoms with Crippen LogP contribution >= 0.6 is 47.8 Å². The molecule has 0 saturated carbocycles. The van der Waals surface area contributed by atoms with Crippen LogP contribution in [0, 0.1) is 11.6 Å². The summed E-state index contributed by atoms with van der Waals surface area (Å²) in [5.41, 5.74) is 0.735. The normalized spacial score (nSPS) is 12.5. The zero-order valence-electron chi connectivity index (χ0n) is 10.4. The second-order valence-electron chi connectivity index (χ2n) is 4.14. The first kappa shape index (κ1) is 16.1. The fourth-order valence-corrected chi connectivity index (χ4v) is 3.20. The quantitative estimate of drug-likeness (QED) is 0.580. The Labute approximate surface area is 141 Å². The molecule has 20 heavy (non-hydrogen) atoms. The maximum atomic E-state index is 14.3. The van der Waals surface area contributed by atoms with Crippen LogP contribution in [-0.2, 0) is 0 Å². The van der Waals surface area contributed by atoms with E-state index in [1.54, 1.807) is 7.05 Å². The number of hydrogen-bond acceptors (Lipinski definition) is 1. The van der Waals surface area contributed by atoms with Gasteiger partial charge in [-0.15, -0.1) is 0 Å². The van der Waals surface area contributed by atoms with Crippen molar-refractivity contribution in [3.63, 3.8) is 0 Å². The minimum Gasteiger partial charge on any atom is -0.309 e. The van der Waals surface area contributed by atoms with Gasteiger partial charge in [-0.25, -0.2) is 8.78 Å². The van der Waals surface area contributed by atoms with E-state index < -0.39 is 17.7 Å². The third-order valence-corrected chi connectivity index (χ3v) is 4.75. The van der Waals surface area contributed by atoms with Gasteiger partial charge in [-0.3, -0.25) is 0 Å². The molecule has 0 radical (unpaired) electrons. The smallest absolute Gasteiger partial charge is 0.145 e. The van der Waals surface area contributed by atoms with E-state index in [0.29, 0.717) is 0 Å². The predicted molar refractivity (Wildman–Crippen MR) is 86.8 cm³/mol. The van der Waals surface area contributed by atoms with E-state index in [1.165, 1.54) is 12.1 Å². The Kier molecular flexibility index (Phi) is 5.34. The Bertz CT molecular complexity index is 647. The van der Waals surface area contributed by atoms with Crippen LogP contribution in [0.3, 0.4) is 0 Å². The molecule has 106 valence electrons. The molecule has 6 heteroatoms. The highest BCUT2D eigenvalue weighted by Crippen LogP contribution is 2.35. The fourth-order valence-electron chi connectivity index (χ4n) is 2.00. The summed E-state index contributed by atoms with van der Waals surface area (Å²) in [5, 5.41) is 2.96. The van der Waals surface area contributed by atoms with Gasteiger partial charge in [0.2, 0.25) is 0 Å². The first-order chi connectivity index (χ1) is 9.45. The fraction of sp³-hybridized carbons (Fsp3) is 0.143. The molecule has 1 N–H and O–H groups in total. The molecule has 2 rings (SSSR count). The van der Waals surface area contributed by atoms with E-state index in [1.807, 2.05) is 18.2 Å². The largest absolute Gasteiger partial charge is 0.309 e. The predicted octanol–water partition coefficient (Wildman–Crippen LogP) is 5.56. The Balaban J connectivity index is 2.64. The van der Waals surface area contributed by atoms with Crippen molar-refractivity contribution in [1.82, 2.24) is 5.32 Å². The van der Waals surface area contributed by atoms with Gasteiger partial charge in [-0.1, -0.05) is 31.9 Å². The van der Waals surface area contributed by atoms with Crippen LogP contribution in [0.2, 0.25) is 0 Å². The first-order valence-electron chi connectivity index (χ1n) is 5.71. The Morgan fingerprint density at radius 1 is 1.00 bits per heavy atom. The van der Waals surface area contributed by atoms with Crippen LogP contribution in [0.5, 0.6) is 0 Å². The number of rotatable bonds is 3. The Hall–Kier alpha value is -0.300. The number of benzene rings is 2. The van der Waals surface area contributed by atoms with E-state index >= 15 is 0 Å². The molecule has 1 nitrogen and oxygen atoms in total. The SMILES string of the molecule is CNC(c1cc(Br)ccc1Br)c1c(F)ccc(Br)c1F. The van der Waals surface area contributed by atoms with Crippen LogP contribution in [0.1, 0.15) is 17.2 Å². The summed E-state index contributed by atoms with van der Waals surface area (Å²) in [6.45, 7) is 0. The van der Waals surface area contributed by atoms with Crippen molar-refractivity contribution in [3.8, 4) is 0 Å². The molecular formula is C14H10Br3F2N. The summed E-state index contributed by atoms with van der Waals surface area (Å²) in [6, 6.07) is 7.52. The van der Waals surface area contributed by atoms with Crippen LogP contribution in [0.15, 0.2) is 43.7 Å². The Morgan fingerprint density at radius 2 is 1.65 bits per heavy atom. The van der Waals surface area contributed by atoms with Gasteiger partial charge >= 0.3 is 0 Å². The van der Waals surface area contributed by atoms with Gasteiger partial charge in [0.15, 0.2) is 0 Å². The topological polar surface area (TPSA) is 12.0 Å². The van der Waals surface area contributed by atoms with E-state index in [2.05, 4.69) is 53.1 Å². The van der Waals surface area contributed by atoms with Gasteiger partial charge in [0.25, 0.3) is 0 Å². The highest BCUT2D eigenvalue weighted by molar-refractivity contribution is 9.11. The monoisotopic (exact) mass is 467 g/mol. The molecule has 0 fully saturated rings. The van der Waals surface area contributed by atoms with Gasteiger partial charge in [-0.2, -0.15) is 0 Å². The van der Waals surface area contributed by atoms with Gasteiger partial charge in [0.1, 0.15) is 11.6 Å². The molecule has 0 aliphatic heterocycles. The van der Waals surface area contributed by atoms with Gasteiger partial charge < -0.3 is 5.32 Å². The third-order valence-electron chi connectivity index (χ3n) is 2.93. The lowest BCUT2D eigenvalue weighted by atomic mass is 9.98. The molecule has 0 aliphatic rings. The van der Waals surface area contributed by atoms with Gasteiger partial charge in [0, 0.05) is 14.5 Å². The third kappa shape index (κ3) is 3.13. The molecule has 1 unspecified atom stereocenters. The van der Waals surface area contributed by atoms with Crippen molar-refractivity contribution in [1.29, 1.82) is 0 Å². The average molecular weight is 470 g/mol. The van der Waals surface area contributed by atoms with Crippen molar-refractivity contribution >= 4 is 47.8 Å². The van der Waals surface area contributed by atoms with E-state index in [9.17, 15) is 8.78 Å². The van der Waals surface area contributed by atoms with Crippen LogP contribution in [-0.4, -0.2) is 7.05 Å². The molecule has 0 bridgehead atoms. The van der Waals surface area contributed by atoms with E-state index in [-0.39, 0.29) is 10.0 Å². The highest BCUT2D eigenvalue weighted by atomic mass is 79.9. The standard InChI is InChI=1S/C14H10Br3F2N/c1-20-14(8-6-7(15)2-3-9(8)16)12-11(18)5-4-10(17)13(12)19/h2-6,14,20H,1H3. The van der Waals surface area contributed by atoms with E-state index in [4.69, 9.17) is 0 Å². The average Bonchev–Trinajstić information content (AvgIpc) is 2.42. The molecule has 0 aliphatic carbocycles. The minimum atomic E-state index is -0.601. The zero-order valence-corrected chi connectivity index (χ0v) is 15.1. The molecule has 1 atom stereocenters. The minimum absolute atomic E-state index is 0.0133. The lowest BCUT2D eigenvalue weighted by Crippen LogP contribution is -2.21. The van der Waals surface area contributed by atoms with Gasteiger partial charge in [-0.05, 0) is 58.9 Å². The summed E-state index contributed by atoms with van der Waals surface area (Å²) in [6.07, 6.45) is 0. The first-order valence-corrected chi connectivity index (χ1v) is 8.09. The molecule has 0 heterocycles. The molecule has 0 spiro atoms.